The van der Waals surface area contributed by atoms with Crippen molar-refractivity contribution in [2.75, 3.05) is 0 Å². The molecule has 0 aliphatic heterocycles. The maximum Gasteiger partial charge on any atom is 0.434 e. The first-order valence-electron chi connectivity index (χ1n) is 8.89. The van der Waals surface area contributed by atoms with E-state index in [1.54, 1.807) is 0 Å². The van der Waals surface area contributed by atoms with Crippen LogP contribution in [-0.4, -0.2) is 20.0 Å². The summed E-state index contributed by atoms with van der Waals surface area (Å²) in [4.78, 5) is 0. The number of halogens is 4. The van der Waals surface area contributed by atoms with E-state index in [1.165, 1.54) is 26.3 Å². The highest BCUT2D eigenvalue weighted by molar-refractivity contribution is 9.10. The smallest absolute Gasteiger partial charge is 0.419 e. The Bertz CT molecular complexity index is 837. The van der Waals surface area contributed by atoms with E-state index < -0.39 is 11.9 Å². The van der Waals surface area contributed by atoms with Crippen molar-refractivity contribution in [3.05, 3.63) is 16.1 Å². The number of hydrogen-bond donors (Lipinski definition) is 0. The third-order valence-electron chi connectivity index (χ3n) is 6.38. The van der Waals surface area contributed by atoms with Crippen molar-refractivity contribution in [1.29, 1.82) is 0 Å². The van der Waals surface area contributed by atoms with E-state index >= 15 is 0 Å². The predicted octanol–water partition coefficient (Wildman–Crippen LogP) is 4.72. The maximum absolute atomic E-state index is 13.2. The molecule has 0 spiro atoms. The zero-order valence-corrected chi connectivity index (χ0v) is 15.8. The molecule has 0 unspecified atom stereocenters. The summed E-state index contributed by atoms with van der Waals surface area (Å²) in [6, 6.07) is 0. The molecule has 4 bridgehead atoms. The van der Waals surface area contributed by atoms with Gasteiger partial charge in [0.1, 0.15) is 0 Å². The highest BCUT2D eigenvalue weighted by atomic mass is 79.9. The van der Waals surface area contributed by atoms with Gasteiger partial charge in [0.25, 0.3) is 5.89 Å². The van der Waals surface area contributed by atoms with E-state index in [9.17, 15) is 13.2 Å². The quantitative estimate of drug-likeness (QED) is 0.691. The second-order valence-electron chi connectivity index (χ2n) is 8.24. The molecule has 5 nitrogen and oxygen atoms in total. The highest BCUT2D eigenvalue weighted by Gasteiger charge is 2.54. The van der Waals surface area contributed by atoms with Crippen LogP contribution in [0.4, 0.5) is 13.2 Å². The molecule has 0 aromatic carbocycles. The molecule has 0 atom stereocenters. The third-order valence-corrected chi connectivity index (χ3v) is 7.13. The van der Waals surface area contributed by atoms with Gasteiger partial charge in [-0.05, 0) is 72.2 Å². The summed E-state index contributed by atoms with van der Waals surface area (Å²) in [5.41, 5.74) is -0.904. The van der Waals surface area contributed by atoms with Gasteiger partial charge in [0.15, 0.2) is 11.4 Å². The van der Waals surface area contributed by atoms with Crippen molar-refractivity contribution in [2.24, 2.45) is 24.8 Å². The Kier molecular flexibility index (Phi) is 3.44. The number of hydrogen-bond acceptors (Lipinski definition) is 4. The second kappa shape index (κ2) is 5.33. The van der Waals surface area contributed by atoms with E-state index in [2.05, 4.69) is 31.2 Å². The molecular formula is C17H18BrF3N4O. The van der Waals surface area contributed by atoms with E-state index in [-0.39, 0.29) is 21.5 Å². The summed E-state index contributed by atoms with van der Waals surface area (Å²) in [6.45, 7) is 0. The summed E-state index contributed by atoms with van der Waals surface area (Å²) in [5, 5.41) is 12.3. The van der Waals surface area contributed by atoms with Gasteiger partial charge < -0.3 is 4.42 Å². The van der Waals surface area contributed by atoms with Crippen molar-refractivity contribution in [1.82, 2.24) is 20.0 Å². The van der Waals surface area contributed by atoms with Gasteiger partial charge in [0.2, 0.25) is 5.89 Å². The summed E-state index contributed by atoms with van der Waals surface area (Å²) < 4.78 is 46.1. The Hall–Kier alpha value is -1.38. The van der Waals surface area contributed by atoms with Crippen LogP contribution in [0.3, 0.4) is 0 Å². The van der Waals surface area contributed by atoms with Crippen molar-refractivity contribution in [3.8, 4) is 11.6 Å². The number of nitrogens with zero attached hydrogens (tertiary/aromatic N) is 4. The average molecular weight is 431 g/mol. The molecule has 2 heterocycles. The van der Waals surface area contributed by atoms with E-state index in [0.29, 0.717) is 5.89 Å². The lowest BCUT2D eigenvalue weighted by Gasteiger charge is -2.55. The molecule has 2 aromatic heterocycles. The van der Waals surface area contributed by atoms with Crippen LogP contribution in [0.15, 0.2) is 8.89 Å². The van der Waals surface area contributed by atoms with Crippen LogP contribution in [0.2, 0.25) is 0 Å². The van der Waals surface area contributed by atoms with E-state index in [0.717, 1.165) is 41.7 Å². The molecule has 0 radical (unpaired) electrons. The summed E-state index contributed by atoms with van der Waals surface area (Å²) in [5.74, 6) is 2.78. The van der Waals surface area contributed by atoms with E-state index in [4.69, 9.17) is 4.42 Å². The van der Waals surface area contributed by atoms with Crippen LogP contribution in [0, 0.1) is 17.8 Å². The first-order chi connectivity index (χ1) is 12.2. The molecule has 0 amide bonds. The first kappa shape index (κ1) is 16.8. The summed E-state index contributed by atoms with van der Waals surface area (Å²) in [7, 11) is 1.26. The van der Waals surface area contributed by atoms with Crippen molar-refractivity contribution in [2.45, 2.75) is 50.1 Å². The van der Waals surface area contributed by atoms with Crippen molar-refractivity contribution in [3.63, 3.8) is 0 Å². The molecule has 0 N–H and O–H groups in total. The molecule has 6 rings (SSSR count). The zero-order valence-electron chi connectivity index (χ0n) is 14.2. The Morgan fingerprint density at radius 3 is 2.15 bits per heavy atom. The summed E-state index contributed by atoms with van der Waals surface area (Å²) in [6.07, 6.45) is 2.53. The molecule has 4 saturated carbocycles. The number of aromatic nitrogens is 4. The minimum Gasteiger partial charge on any atom is -0.419 e. The molecule has 0 saturated heterocycles. The SMILES string of the molecule is Cn1nc(-c2nnc(C34CC5CC(CC(C5)C3)C4)o2)c(Br)c1C(F)(F)F. The topological polar surface area (TPSA) is 56.7 Å². The van der Waals surface area contributed by atoms with Crippen LogP contribution < -0.4 is 0 Å². The molecule has 2 aromatic rings. The Morgan fingerprint density at radius 2 is 1.65 bits per heavy atom. The lowest BCUT2D eigenvalue weighted by Crippen LogP contribution is -2.48. The monoisotopic (exact) mass is 430 g/mol. The Morgan fingerprint density at radius 1 is 1.08 bits per heavy atom. The zero-order chi connectivity index (χ0) is 18.3. The second-order valence-corrected chi connectivity index (χ2v) is 9.04. The molecule has 4 fully saturated rings. The average Bonchev–Trinajstić information content (AvgIpc) is 3.10. The van der Waals surface area contributed by atoms with Gasteiger partial charge in [-0.2, -0.15) is 18.3 Å². The van der Waals surface area contributed by atoms with Crippen LogP contribution in [0.25, 0.3) is 11.6 Å². The van der Waals surface area contributed by atoms with Crippen LogP contribution in [-0.2, 0) is 18.6 Å². The number of alkyl halides is 3. The largest absolute Gasteiger partial charge is 0.434 e. The minimum atomic E-state index is -4.51. The van der Waals surface area contributed by atoms with Gasteiger partial charge in [0.05, 0.1) is 4.47 Å². The maximum atomic E-state index is 13.2. The van der Waals surface area contributed by atoms with Gasteiger partial charge in [-0.3, -0.25) is 4.68 Å². The Labute approximate surface area is 156 Å². The van der Waals surface area contributed by atoms with Crippen LogP contribution >= 0.6 is 15.9 Å². The van der Waals surface area contributed by atoms with Gasteiger partial charge in [-0.25, -0.2) is 0 Å². The van der Waals surface area contributed by atoms with Gasteiger partial charge in [-0.1, -0.05) is 0 Å². The predicted molar refractivity (Wildman–Crippen MR) is 89.1 cm³/mol. The minimum absolute atomic E-state index is 0.0447. The molecule has 140 valence electrons. The van der Waals surface area contributed by atoms with Crippen molar-refractivity contribution < 1.29 is 17.6 Å². The number of aryl methyl sites for hydroxylation is 1. The van der Waals surface area contributed by atoms with Crippen LogP contribution in [0.1, 0.15) is 50.1 Å². The number of rotatable bonds is 2. The molecule has 9 heteroatoms. The fraction of sp³-hybridized carbons (Fsp3) is 0.706. The van der Waals surface area contributed by atoms with Crippen molar-refractivity contribution >= 4 is 15.9 Å². The fourth-order valence-electron chi connectivity index (χ4n) is 5.85. The standard InChI is InChI=1S/C17H18BrF3N4O/c1-25-13(17(19,20)21)11(18)12(24-25)14-22-23-15(26-14)16-5-8-2-9(6-16)4-10(3-8)7-16/h8-10H,2-7H2,1H3. The van der Waals surface area contributed by atoms with Gasteiger partial charge >= 0.3 is 6.18 Å². The molecular weight excluding hydrogens is 413 g/mol. The van der Waals surface area contributed by atoms with Gasteiger partial charge in [-0.15, -0.1) is 10.2 Å². The normalized spacial score (nSPS) is 33.2. The lowest BCUT2D eigenvalue weighted by atomic mass is 9.49. The van der Waals surface area contributed by atoms with E-state index in [1.807, 2.05) is 0 Å². The highest BCUT2D eigenvalue weighted by Crippen LogP contribution is 2.60. The molecule has 4 aliphatic carbocycles. The van der Waals surface area contributed by atoms with Crippen LogP contribution in [0.5, 0.6) is 0 Å². The fourth-order valence-corrected chi connectivity index (χ4v) is 6.58. The third kappa shape index (κ3) is 2.38. The Balaban J connectivity index is 1.52. The lowest BCUT2D eigenvalue weighted by molar-refractivity contribution is -0.144. The molecule has 4 aliphatic rings. The molecule has 26 heavy (non-hydrogen) atoms. The van der Waals surface area contributed by atoms with Gasteiger partial charge in [0, 0.05) is 12.5 Å². The summed E-state index contributed by atoms with van der Waals surface area (Å²) >= 11 is 3.02. The first-order valence-corrected chi connectivity index (χ1v) is 9.68.